The van der Waals surface area contributed by atoms with E-state index in [1.807, 2.05) is 60.7 Å². The fourth-order valence-corrected chi connectivity index (χ4v) is 8.82. The highest BCUT2D eigenvalue weighted by molar-refractivity contribution is 7.85. The molecule has 1 aromatic heterocycles. The molecule has 0 radical (unpaired) electrons. The Hall–Kier alpha value is -4.65. The van der Waals surface area contributed by atoms with Crippen molar-refractivity contribution < 1.29 is 4.57 Å². The molecule has 0 spiro atoms. The number of hydrogen-bond acceptors (Lipinski definition) is 1. The van der Waals surface area contributed by atoms with Gasteiger partial charge in [-0.1, -0.05) is 136 Å². The predicted octanol–water partition coefficient (Wildman–Crippen LogP) is 9.39. The largest absolute Gasteiger partial charge is 0.309 e. The maximum Gasteiger partial charge on any atom is 0.171 e. The van der Waals surface area contributed by atoms with E-state index >= 15 is 4.57 Å². The number of fused-ring (bicyclic) bond motifs is 3. The molecular weight excluding hydrogens is 541 g/mol. The normalized spacial score (nSPS) is 12.2. The van der Waals surface area contributed by atoms with Crippen LogP contribution in [0.25, 0.3) is 38.6 Å². The van der Waals surface area contributed by atoms with Crippen LogP contribution in [0.3, 0.4) is 0 Å². The van der Waals surface area contributed by atoms with Gasteiger partial charge >= 0.3 is 0 Å². The van der Waals surface area contributed by atoms with Crippen molar-refractivity contribution in [3.05, 3.63) is 157 Å². The molecule has 7 aromatic rings. The molecule has 6 aromatic carbocycles. The van der Waals surface area contributed by atoms with E-state index < -0.39 is 7.14 Å². The molecule has 0 aliphatic heterocycles. The number of para-hydroxylation sites is 1. The van der Waals surface area contributed by atoms with Crippen LogP contribution in [-0.4, -0.2) is 4.57 Å². The highest BCUT2D eigenvalue weighted by Crippen LogP contribution is 2.44. The monoisotopic (exact) mass is 575 g/mol. The first-order valence-corrected chi connectivity index (χ1v) is 16.5. The van der Waals surface area contributed by atoms with E-state index in [-0.39, 0.29) is 5.41 Å². The maximum absolute atomic E-state index is 15.2. The highest BCUT2D eigenvalue weighted by Gasteiger charge is 2.30. The minimum Gasteiger partial charge on any atom is -0.309 e. The summed E-state index contributed by atoms with van der Waals surface area (Å²) in [5.74, 6) is 0. The Balaban J connectivity index is 1.41. The summed E-state index contributed by atoms with van der Waals surface area (Å²) in [7, 11) is -3.09. The number of nitrogens with zero attached hydrogens (tertiary/aromatic N) is 1. The van der Waals surface area contributed by atoms with Crippen LogP contribution in [-0.2, 0) is 9.98 Å². The van der Waals surface area contributed by atoms with Gasteiger partial charge in [0, 0.05) is 32.4 Å². The van der Waals surface area contributed by atoms with Crippen molar-refractivity contribution in [2.75, 3.05) is 0 Å². The summed E-state index contributed by atoms with van der Waals surface area (Å²) in [5.41, 5.74) is 7.15. The molecule has 7 rings (SSSR count). The summed E-state index contributed by atoms with van der Waals surface area (Å²) in [5, 5.41) is 4.77. The van der Waals surface area contributed by atoms with E-state index in [1.165, 1.54) is 16.7 Å². The summed E-state index contributed by atoms with van der Waals surface area (Å²) >= 11 is 0. The summed E-state index contributed by atoms with van der Waals surface area (Å²) in [6.07, 6.45) is 0. The fraction of sp³-hybridized carbons (Fsp3) is 0.100. The zero-order chi connectivity index (χ0) is 29.6. The molecule has 0 saturated heterocycles. The second kappa shape index (κ2) is 10.6. The first-order valence-electron chi connectivity index (χ1n) is 14.8. The van der Waals surface area contributed by atoms with Crippen molar-refractivity contribution in [3.63, 3.8) is 0 Å². The van der Waals surface area contributed by atoms with Gasteiger partial charge in [-0.3, -0.25) is 0 Å². The summed E-state index contributed by atoms with van der Waals surface area (Å²) < 4.78 is 17.5. The molecule has 0 amide bonds. The first kappa shape index (κ1) is 27.2. The standard InChI is InChI=1S/C40H34NOP/c1-40(2,3)31-23-21-29(22-24-31)30-13-12-14-32(27-30)41-38-20-11-10-19-36(38)37-28-35(25-26-39(37)41)43(42,33-15-6-4-7-16-33)34-17-8-5-9-18-34/h4-28H,1-3H3. The number of rotatable bonds is 5. The van der Waals surface area contributed by atoms with Crippen LogP contribution in [0.5, 0.6) is 0 Å². The average Bonchev–Trinajstić information content (AvgIpc) is 3.39. The molecule has 0 unspecified atom stereocenters. The van der Waals surface area contributed by atoms with E-state index in [9.17, 15) is 0 Å². The van der Waals surface area contributed by atoms with E-state index in [4.69, 9.17) is 0 Å². The molecule has 2 nitrogen and oxygen atoms in total. The maximum atomic E-state index is 15.2. The van der Waals surface area contributed by atoms with Crippen LogP contribution >= 0.6 is 7.14 Å². The Morgan fingerprint density at radius 1 is 0.488 bits per heavy atom. The fourth-order valence-electron chi connectivity index (χ4n) is 6.15. The molecule has 3 heteroatoms. The van der Waals surface area contributed by atoms with E-state index in [0.717, 1.165) is 43.4 Å². The van der Waals surface area contributed by atoms with Gasteiger partial charge < -0.3 is 9.13 Å². The topological polar surface area (TPSA) is 22.0 Å². The van der Waals surface area contributed by atoms with Gasteiger partial charge in [-0.25, -0.2) is 0 Å². The second-order valence-corrected chi connectivity index (χ2v) is 15.0. The lowest BCUT2D eigenvalue weighted by molar-refractivity contribution is 0.590. The quantitative estimate of drug-likeness (QED) is 0.187. The number of hydrogen-bond donors (Lipinski definition) is 0. The molecule has 0 fully saturated rings. The van der Waals surface area contributed by atoms with Gasteiger partial charge in [-0.05, 0) is 58.5 Å². The third-order valence-corrected chi connectivity index (χ3v) is 11.5. The van der Waals surface area contributed by atoms with Crippen molar-refractivity contribution >= 4 is 44.9 Å². The highest BCUT2D eigenvalue weighted by atomic mass is 31.2. The van der Waals surface area contributed by atoms with Gasteiger partial charge in [-0.2, -0.15) is 0 Å². The average molecular weight is 576 g/mol. The van der Waals surface area contributed by atoms with Crippen LogP contribution < -0.4 is 15.9 Å². The third kappa shape index (κ3) is 4.73. The van der Waals surface area contributed by atoms with Crippen LogP contribution in [0.2, 0.25) is 0 Å². The lowest BCUT2D eigenvalue weighted by Gasteiger charge is -2.20. The van der Waals surface area contributed by atoms with Gasteiger partial charge in [0.05, 0.1) is 11.0 Å². The lowest BCUT2D eigenvalue weighted by Crippen LogP contribution is -2.24. The predicted molar refractivity (Wildman–Crippen MR) is 184 cm³/mol. The van der Waals surface area contributed by atoms with Crippen LogP contribution in [0.4, 0.5) is 0 Å². The van der Waals surface area contributed by atoms with Gasteiger partial charge in [-0.15, -0.1) is 0 Å². The molecule has 0 bridgehead atoms. The molecular formula is C40H34NOP. The molecule has 210 valence electrons. The summed E-state index contributed by atoms with van der Waals surface area (Å²) in [4.78, 5) is 0. The minimum absolute atomic E-state index is 0.118. The van der Waals surface area contributed by atoms with Gasteiger partial charge in [0.2, 0.25) is 0 Å². The molecule has 0 aliphatic rings. The molecule has 1 heterocycles. The van der Waals surface area contributed by atoms with Crippen LogP contribution in [0.15, 0.2) is 152 Å². The third-order valence-electron chi connectivity index (χ3n) is 8.45. The van der Waals surface area contributed by atoms with Crippen LogP contribution in [0, 0.1) is 0 Å². The summed E-state index contributed by atoms with van der Waals surface area (Å²) in [6.45, 7) is 6.73. The smallest absolute Gasteiger partial charge is 0.171 e. The molecule has 43 heavy (non-hydrogen) atoms. The van der Waals surface area contributed by atoms with Gasteiger partial charge in [0.15, 0.2) is 7.14 Å². The Morgan fingerprint density at radius 2 is 1.09 bits per heavy atom. The Bertz CT molecular complexity index is 2070. The van der Waals surface area contributed by atoms with Crippen molar-refractivity contribution in [2.24, 2.45) is 0 Å². The van der Waals surface area contributed by atoms with E-state index in [0.29, 0.717) is 0 Å². The second-order valence-electron chi connectivity index (χ2n) is 12.2. The molecule has 0 N–H and O–H groups in total. The molecule has 0 saturated carbocycles. The van der Waals surface area contributed by atoms with Gasteiger partial charge in [0.25, 0.3) is 0 Å². The van der Waals surface area contributed by atoms with Crippen molar-refractivity contribution in [1.82, 2.24) is 4.57 Å². The Kier molecular flexibility index (Phi) is 6.68. The molecule has 0 atom stereocenters. The Morgan fingerprint density at radius 3 is 1.74 bits per heavy atom. The Labute approximate surface area is 253 Å². The van der Waals surface area contributed by atoms with Crippen molar-refractivity contribution in [3.8, 4) is 16.8 Å². The van der Waals surface area contributed by atoms with Crippen molar-refractivity contribution in [2.45, 2.75) is 26.2 Å². The minimum atomic E-state index is -3.09. The lowest BCUT2D eigenvalue weighted by atomic mass is 9.86. The first-order chi connectivity index (χ1) is 20.8. The number of benzene rings is 6. The zero-order valence-electron chi connectivity index (χ0n) is 24.7. The molecule has 0 aliphatic carbocycles. The van der Waals surface area contributed by atoms with Crippen LogP contribution in [0.1, 0.15) is 26.3 Å². The van der Waals surface area contributed by atoms with E-state index in [2.05, 4.69) is 116 Å². The van der Waals surface area contributed by atoms with Gasteiger partial charge in [0.1, 0.15) is 0 Å². The number of aromatic nitrogens is 1. The van der Waals surface area contributed by atoms with Crippen molar-refractivity contribution in [1.29, 1.82) is 0 Å². The van der Waals surface area contributed by atoms with E-state index in [1.54, 1.807) is 0 Å². The SMILES string of the molecule is CC(C)(C)c1ccc(-c2cccc(-n3c4ccccc4c4cc(P(=O)(c5ccccc5)c5ccccc5)ccc43)c2)cc1. The zero-order valence-corrected chi connectivity index (χ0v) is 25.6. The summed E-state index contributed by atoms with van der Waals surface area (Å²) in [6, 6.07) is 52.3.